The average Bonchev–Trinajstić information content (AvgIpc) is 2.66. The third-order valence-corrected chi connectivity index (χ3v) is 5.07. The second kappa shape index (κ2) is 8.31. The van der Waals surface area contributed by atoms with Gasteiger partial charge >= 0.3 is 0 Å². The van der Waals surface area contributed by atoms with E-state index in [0.29, 0.717) is 23.6 Å². The first kappa shape index (κ1) is 20.3. The van der Waals surface area contributed by atoms with Gasteiger partial charge in [-0.1, -0.05) is 30.7 Å². The maximum atomic E-state index is 13.0. The lowest BCUT2D eigenvalue weighted by Gasteiger charge is -2.38. The molecule has 0 spiro atoms. The molecule has 1 aliphatic heterocycles. The van der Waals surface area contributed by atoms with Gasteiger partial charge in [0.15, 0.2) is 6.10 Å². The fourth-order valence-electron chi connectivity index (χ4n) is 3.37. The zero-order valence-electron chi connectivity index (χ0n) is 16.6. The zero-order valence-corrected chi connectivity index (χ0v) is 17.4. The third kappa shape index (κ3) is 4.53. The highest BCUT2D eigenvalue weighted by molar-refractivity contribution is 6.32. The first-order valence-electron chi connectivity index (χ1n) is 9.41. The van der Waals surface area contributed by atoms with Gasteiger partial charge in [0.1, 0.15) is 22.8 Å². The molecular formula is C22H26ClNO4. The highest BCUT2D eigenvalue weighted by Gasteiger charge is 2.36. The Kier molecular flexibility index (Phi) is 6.04. The number of hydrogen-bond acceptors (Lipinski definition) is 4. The topological polar surface area (TPSA) is 56.8 Å². The second-order valence-corrected chi connectivity index (χ2v) is 7.88. The van der Waals surface area contributed by atoms with E-state index in [9.17, 15) is 4.79 Å². The Hall–Kier alpha value is -2.40. The lowest BCUT2D eigenvalue weighted by atomic mass is 9.89. The number of fused-ring (bicyclic) bond motifs is 1. The van der Waals surface area contributed by atoms with Crippen molar-refractivity contribution in [2.75, 3.05) is 7.11 Å². The number of rotatable bonds is 6. The molecule has 0 fully saturated rings. The van der Waals surface area contributed by atoms with Crippen molar-refractivity contribution >= 4 is 17.5 Å². The Bertz CT molecular complexity index is 852. The van der Waals surface area contributed by atoms with E-state index in [1.54, 1.807) is 19.2 Å². The molecule has 0 aliphatic carbocycles. The van der Waals surface area contributed by atoms with E-state index >= 15 is 0 Å². The van der Waals surface area contributed by atoms with Crippen molar-refractivity contribution in [2.24, 2.45) is 0 Å². The van der Waals surface area contributed by atoms with Crippen molar-refractivity contribution < 1.29 is 19.0 Å². The van der Waals surface area contributed by atoms with E-state index in [0.717, 1.165) is 17.1 Å². The molecule has 1 amide bonds. The Morgan fingerprint density at radius 3 is 2.75 bits per heavy atom. The van der Waals surface area contributed by atoms with E-state index in [1.165, 1.54) is 0 Å². The van der Waals surface area contributed by atoms with Gasteiger partial charge in [-0.3, -0.25) is 4.79 Å². The van der Waals surface area contributed by atoms with Crippen LogP contribution in [0.15, 0.2) is 42.5 Å². The molecule has 6 heteroatoms. The fourth-order valence-corrected chi connectivity index (χ4v) is 3.55. The number of para-hydroxylation sites is 1. The summed E-state index contributed by atoms with van der Waals surface area (Å²) in [6, 6.07) is 12.6. The summed E-state index contributed by atoms with van der Waals surface area (Å²) in [7, 11) is 1.62. The zero-order chi connectivity index (χ0) is 20.3. The summed E-state index contributed by atoms with van der Waals surface area (Å²) in [6.45, 7) is 5.93. The summed E-state index contributed by atoms with van der Waals surface area (Å²) in [5.41, 5.74) is 0.504. The van der Waals surface area contributed by atoms with Crippen molar-refractivity contribution in [1.82, 2.24) is 5.32 Å². The van der Waals surface area contributed by atoms with Crippen molar-refractivity contribution in [2.45, 2.75) is 51.4 Å². The van der Waals surface area contributed by atoms with Crippen molar-refractivity contribution in [3.05, 3.63) is 53.1 Å². The van der Waals surface area contributed by atoms with E-state index < -0.39 is 11.7 Å². The minimum Gasteiger partial charge on any atom is -0.497 e. The van der Waals surface area contributed by atoms with Crippen molar-refractivity contribution in [3.8, 4) is 17.2 Å². The molecule has 0 saturated heterocycles. The summed E-state index contributed by atoms with van der Waals surface area (Å²) in [6.07, 6.45) is 0.524. The Labute approximate surface area is 170 Å². The smallest absolute Gasteiger partial charge is 0.261 e. The predicted octanol–water partition coefficient (Wildman–Crippen LogP) is 4.92. The van der Waals surface area contributed by atoms with E-state index in [4.69, 9.17) is 25.8 Å². The lowest BCUT2D eigenvalue weighted by Crippen LogP contribution is -2.45. The maximum Gasteiger partial charge on any atom is 0.261 e. The number of carbonyl (C=O) groups is 1. The highest BCUT2D eigenvalue weighted by Crippen LogP contribution is 2.41. The van der Waals surface area contributed by atoms with Crippen molar-refractivity contribution in [1.29, 1.82) is 0 Å². The van der Waals surface area contributed by atoms with Crippen LogP contribution in [0.2, 0.25) is 5.02 Å². The summed E-state index contributed by atoms with van der Waals surface area (Å²) in [5, 5.41) is 3.61. The highest BCUT2D eigenvalue weighted by atomic mass is 35.5. The molecule has 2 aromatic rings. The Morgan fingerprint density at radius 2 is 2.07 bits per heavy atom. The first-order valence-corrected chi connectivity index (χ1v) is 9.79. The molecule has 0 saturated carbocycles. The van der Waals surface area contributed by atoms with Crippen LogP contribution in [-0.4, -0.2) is 24.7 Å². The van der Waals surface area contributed by atoms with Gasteiger partial charge in [-0.2, -0.15) is 0 Å². The number of methoxy groups -OCH3 is 1. The normalized spacial score (nSPS) is 18.4. The molecule has 1 heterocycles. The van der Waals surface area contributed by atoms with Gasteiger partial charge in [-0.15, -0.1) is 0 Å². The van der Waals surface area contributed by atoms with Crippen LogP contribution in [0.4, 0.5) is 0 Å². The third-order valence-electron chi connectivity index (χ3n) is 4.76. The number of amides is 1. The molecule has 2 unspecified atom stereocenters. The van der Waals surface area contributed by atoms with E-state index in [2.05, 4.69) is 5.32 Å². The Morgan fingerprint density at radius 1 is 1.32 bits per heavy atom. The molecule has 2 atom stereocenters. The quantitative estimate of drug-likeness (QED) is 0.743. The van der Waals surface area contributed by atoms with Gasteiger partial charge in [-0.25, -0.2) is 0 Å². The van der Waals surface area contributed by atoms with E-state index in [-0.39, 0.29) is 11.9 Å². The number of nitrogens with one attached hydrogen (secondary N) is 1. The summed E-state index contributed by atoms with van der Waals surface area (Å²) >= 11 is 6.17. The number of benzene rings is 2. The van der Waals surface area contributed by atoms with Crippen molar-refractivity contribution in [3.63, 3.8) is 0 Å². The van der Waals surface area contributed by atoms with Gasteiger partial charge in [0.25, 0.3) is 5.91 Å². The molecule has 5 nitrogen and oxygen atoms in total. The predicted molar refractivity (Wildman–Crippen MR) is 109 cm³/mol. The Balaban J connectivity index is 1.81. The van der Waals surface area contributed by atoms with Crippen LogP contribution in [0.1, 0.15) is 45.2 Å². The van der Waals surface area contributed by atoms with Crippen LogP contribution in [0.3, 0.4) is 0 Å². The molecule has 0 aromatic heterocycles. The summed E-state index contributed by atoms with van der Waals surface area (Å²) < 4.78 is 17.3. The molecular weight excluding hydrogens is 378 g/mol. The number of hydrogen-bond donors (Lipinski definition) is 1. The summed E-state index contributed by atoms with van der Waals surface area (Å²) in [5.74, 6) is 1.79. The molecule has 2 aromatic carbocycles. The van der Waals surface area contributed by atoms with Gasteiger partial charge in [0.05, 0.1) is 18.2 Å². The fraction of sp³-hybridized carbons (Fsp3) is 0.409. The number of halogens is 1. The number of carbonyl (C=O) groups excluding carboxylic acids is 1. The SMILES string of the molecule is CCC(Oc1ccccc1Cl)C(=O)NC1CC(C)(C)Oc2ccc(OC)cc21. The first-order chi connectivity index (χ1) is 13.3. The minimum atomic E-state index is -0.639. The number of ether oxygens (including phenoxy) is 3. The molecule has 3 rings (SSSR count). The van der Waals surface area contributed by atoms with Crippen LogP contribution < -0.4 is 19.5 Å². The molecule has 1 N–H and O–H groups in total. The van der Waals surface area contributed by atoms with Gasteiger partial charge < -0.3 is 19.5 Å². The summed E-state index contributed by atoms with van der Waals surface area (Å²) in [4.78, 5) is 13.0. The van der Waals surface area contributed by atoms with Crippen LogP contribution in [0, 0.1) is 0 Å². The van der Waals surface area contributed by atoms with Gasteiger partial charge in [0.2, 0.25) is 0 Å². The van der Waals surface area contributed by atoms with E-state index in [1.807, 2.05) is 51.1 Å². The molecule has 28 heavy (non-hydrogen) atoms. The van der Waals surface area contributed by atoms with Crippen LogP contribution in [0.25, 0.3) is 0 Å². The van der Waals surface area contributed by atoms with Crippen LogP contribution >= 0.6 is 11.6 Å². The molecule has 150 valence electrons. The average molecular weight is 404 g/mol. The minimum absolute atomic E-state index is 0.182. The standard InChI is InChI=1S/C22H26ClNO4/c1-5-18(27-20-9-7-6-8-16(20)23)21(25)24-17-13-22(2,3)28-19-11-10-14(26-4)12-15(17)19/h6-12,17-18H,5,13H2,1-4H3,(H,24,25). The van der Waals surface area contributed by atoms with Gasteiger partial charge in [0, 0.05) is 12.0 Å². The van der Waals surface area contributed by atoms with Gasteiger partial charge in [-0.05, 0) is 50.6 Å². The largest absolute Gasteiger partial charge is 0.497 e. The van der Waals surface area contributed by atoms with Crippen LogP contribution in [-0.2, 0) is 4.79 Å². The molecule has 0 radical (unpaired) electrons. The maximum absolute atomic E-state index is 13.0. The molecule has 0 bridgehead atoms. The second-order valence-electron chi connectivity index (χ2n) is 7.48. The lowest BCUT2D eigenvalue weighted by molar-refractivity contribution is -0.129. The monoisotopic (exact) mass is 403 g/mol. The molecule has 1 aliphatic rings. The van der Waals surface area contributed by atoms with Crippen LogP contribution in [0.5, 0.6) is 17.2 Å².